The molecule has 136 valence electrons. The summed E-state index contributed by atoms with van der Waals surface area (Å²) in [6.07, 6.45) is 0.148. The maximum Gasteiger partial charge on any atom is 0.273 e. The second-order valence-electron chi connectivity index (χ2n) is 6.38. The Labute approximate surface area is 151 Å². The number of rotatable bonds is 5. The smallest absolute Gasteiger partial charge is 0.273 e. The fourth-order valence-electron chi connectivity index (χ4n) is 2.71. The Bertz CT molecular complexity index is 678. The summed E-state index contributed by atoms with van der Waals surface area (Å²) >= 11 is 5.89. The van der Waals surface area contributed by atoms with E-state index in [1.807, 2.05) is 13.8 Å². The molecule has 1 atom stereocenters. The number of hydrazine groups is 1. The molecule has 1 aromatic rings. The normalized spacial score (nSPS) is 16.9. The van der Waals surface area contributed by atoms with E-state index < -0.39 is 17.7 Å². The zero-order valence-corrected chi connectivity index (χ0v) is 15.2. The Kier molecular flexibility index (Phi) is 6.25. The van der Waals surface area contributed by atoms with Gasteiger partial charge in [0.25, 0.3) is 5.91 Å². The van der Waals surface area contributed by atoms with Crippen molar-refractivity contribution >= 4 is 29.3 Å². The van der Waals surface area contributed by atoms with E-state index in [0.29, 0.717) is 29.8 Å². The van der Waals surface area contributed by atoms with Crippen molar-refractivity contribution in [2.75, 3.05) is 20.2 Å². The van der Waals surface area contributed by atoms with Crippen LogP contribution in [0.4, 0.5) is 0 Å². The van der Waals surface area contributed by atoms with Crippen LogP contribution < -0.4 is 15.6 Å². The van der Waals surface area contributed by atoms with Gasteiger partial charge in [0.05, 0.1) is 18.6 Å². The summed E-state index contributed by atoms with van der Waals surface area (Å²) in [6, 6.07) is 4.62. The molecular formula is C17H22ClN3O4. The van der Waals surface area contributed by atoms with E-state index in [-0.39, 0.29) is 17.9 Å². The molecule has 8 heteroatoms. The van der Waals surface area contributed by atoms with Gasteiger partial charge in [-0.25, -0.2) is 0 Å². The van der Waals surface area contributed by atoms with Crippen LogP contribution in [0.3, 0.4) is 0 Å². The number of nitrogens with one attached hydrogen (secondary N) is 2. The molecule has 0 aliphatic carbocycles. The number of benzene rings is 1. The van der Waals surface area contributed by atoms with Crippen molar-refractivity contribution in [3.05, 3.63) is 28.8 Å². The predicted octanol–water partition coefficient (Wildman–Crippen LogP) is 1.61. The highest BCUT2D eigenvalue weighted by molar-refractivity contribution is 6.31. The average Bonchev–Trinajstić information content (AvgIpc) is 2.92. The van der Waals surface area contributed by atoms with Gasteiger partial charge in [0.2, 0.25) is 11.8 Å². The number of hydrogen-bond donors (Lipinski definition) is 2. The van der Waals surface area contributed by atoms with Gasteiger partial charge in [0.15, 0.2) is 0 Å². The monoisotopic (exact) mass is 367 g/mol. The average molecular weight is 368 g/mol. The van der Waals surface area contributed by atoms with Crippen LogP contribution in [0.1, 0.15) is 30.6 Å². The van der Waals surface area contributed by atoms with Crippen molar-refractivity contribution in [3.63, 3.8) is 0 Å². The molecule has 1 aliphatic heterocycles. The molecule has 1 aromatic carbocycles. The van der Waals surface area contributed by atoms with Crippen LogP contribution in [0.15, 0.2) is 18.2 Å². The van der Waals surface area contributed by atoms with Gasteiger partial charge in [-0.05, 0) is 24.1 Å². The van der Waals surface area contributed by atoms with Crippen molar-refractivity contribution in [1.82, 2.24) is 15.8 Å². The first-order chi connectivity index (χ1) is 11.8. The van der Waals surface area contributed by atoms with Crippen LogP contribution >= 0.6 is 11.6 Å². The van der Waals surface area contributed by atoms with E-state index in [1.165, 1.54) is 13.2 Å². The number of likely N-dealkylation sites (tertiary alicyclic amines) is 1. The largest absolute Gasteiger partial charge is 0.496 e. The molecule has 0 radical (unpaired) electrons. The molecule has 1 heterocycles. The Morgan fingerprint density at radius 3 is 2.72 bits per heavy atom. The molecule has 25 heavy (non-hydrogen) atoms. The molecule has 0 unspecified atom stereocenters. The highest BCUT2D eigenvalue weighted by Gasteiger charge is 2.34. The standard InChI is InChI=1S/C17H22ClN3O4/c1-10(2)8-21-9-11(6-15(21)22)16(23)19-20-17(24)13-7-12(18)4-5-14(13)25-3/h4-5,7,10-11H,6,8-9H2,1-3H3,(H,19,23)(H,20,24)/t11-/m0/s1. The lowest BCUT2D eigenvalue weighted by molar-refractivity contribution is -0.129. The fourth-order valence-corrected chi connectivity index (χ4v) is 2.88. The number of carbonyl (C=O) groups excluding carboxylic acids is 3. The second kappa shape index (κ2) is 8.20. The van der Waals surface area contributed by atoms with Crippen molar-refractivity contribution < 1.29 is 19.1 Å². The molecule has 1 fully saturated rings. The predicted molar refractivity (Wildman–Crippen MR) is 93.1 cm³/mol. The van der Waals surface area contributed by atoms with Gasteiger partial charge in [-0.1, -0.05) is 25.4 Å². The topological polar surface area (TPSA) is 87.7 Å². The van der Waals surface area contributed by atoms with Crippen LogP contribution in [0.2, 0.25) is 5.02 Å². The maximum atomic E-state index is 12.2. The van der Waals surface area contributed by atoms with Crippen molar-refractivity contribution in [2.24, 2.45) is 11.8 Å². The lowest BCUT2D eigenvalue weighted by Gasteiger charge is -2.18. The fraction of sp³-hybridized carbons (Fsp3) is 0.471. The lowest BCUT2D eigenvalue weighted by atomic mass is 10.1. The van der Waals surface area contributed by atoms with Crippen LogP contribution in [0.5, 0.6) is 5.75 Å². The molecule has 7 nitrogen and oxygen atoms in total. The van der Waals surface area contributed by atoms with Crippen LogP contribution in [-0.2, 0) is 9.59 Å². The molecule has 0 spiro atoms. The maximum absolute atomic E-state index is 12.2. The molecule has 0 bridgehead atoms. The third-order valence-corrected chi connectivity index (χ3v) is 4.11. The summed E-state index contributed by atoms with van der Waals surface area (Å²) < 4.78 is 5.11. The number of amides is 3. The Balaban J connectivity index is 1.93. The molecule has 0 saturated carbocycles. The van der Waals surface area contributed by atoms with E-state index in [9.17, 15) is 14.4 Å². The first kappa shape index (κ1) is 19.1. The molecular weight excluding hydrogens is 346 g/mol. The SMILES string of the molecule is COc1ccc(Cl)cc1C(=O)NNC(=O)[C@H]1CC(=O)N(CC(C)C)C1. The zero-order valence-electron chi connectivity index (χ0n) is 14.5. The highest BCUT2D eigenvalue weighted by atomic mass is 35.5. The minimum absolute atomic E-state index is 0.0447. The van der Waals surface area contributed by atoms with E-state index in [1.54, 1.807) is 17.0 Å². The molecule has 2 N–H and O–H groups in total. The van der Waals surface area contributed by atoms with Gasteiger partial charge in [0, 0.05) is 24.5 Å². The van der Waals surface area contributed by atoms with Gasteiger partial charge in [-0.15, -0.1) is 0 Å². The second-order valence-corrected chi connectivity index (χ2v) is 6.82. The Morgan fingerprint density at radius 2 is 2.08 bits per heavy atom. The number of carbonyl (C=O) groups is 3. The zero-order chi connectivity index (χ0) is 18.6. The van der Waals surface area contributed by atoms with Gasteiger partial charge in [-0.3, -0.25) is 25.2 Å². The van der Waals surface area contributed by atoms with Crippen molar-refractivity contribution in [2.45, 2.75) is 20.3 Å². The molecule has 1 saturated heterocycles. The van der Waals surface area contributed by atoms with Gasteiger partial charge < -0.3 is 9.64 Å². The van der Waals surface area contributed by atoms with Gasteiger partial charge >= 0.3 is 0 Å². The van der Waals surface area contributed by atoms with E-state index >= 15 is 0 Å². The number of ether oxygens (including phenoxy) is 1. The number of nitrogens with zero attached hydrogens (tertiary/aromatic N) is 1. The highest BCUT2D eigenvalue weighted by Crippen LogP contribution is 2.22. The molecule has 3 amide bonds. The molecule has 0 aromatic heterocycles. The van der Waals surface area contributed by atoms with Crippen molar-refractivity contribution in [1.29, 1.82) is 0 Å². The minimum Gasteiger partial charge on any atom is -0.496 e. The van der Waals surface area contributed by atoms with E-state index in [4.69, 9.17) is 16.3 Å². The van der Waals surface area contributed by atoms with Crippen LogP contribution in [0.25, 0.3) is 0 Å². The third kappa shape index (κ3) is 4.85. The van der Waals surface area contributed by atoms with E-state index in [0.717, 1.165) is 0 Å². The first-order valence-electron chi connectivity index (χ1n) is 8.03. The summed E-state index contributed by atoms with van der Waals surface area (Å²) in [5.74, 6) is -0.787. The van der Waals surface area contributed by atoms with Crippen LogP contribution in [0, 0.1) is 11.8 Å². The summed E-state index contributed by atoms with van der Waals surface area (Å²) in [5.41, 5.74) is 4.92. The van der Waals surface area contributed by atoms with E-state index in [2.05, 4.69) is 10.9 Å². The Hall–Kier alpha value is -2.28. The van der Waals surface area contributed by atoms with Gasteiger partial charge in [-0.2, -0.15) is 0 Å². The van der Waals surface area contributed by atoms with Crippen LogP contribution in [-0.4, -0.2) is 42.8 Å². The third-order valence-electron chi connectivity index (χ3n) is 3.88. The number of halogens is 1. The Morgan fingerprint density at radius 1 is 1.36 bits per heavy atom. The summed E-state index contributed by atoms with van der Waals surface area (Å²) in [7, 11) is 1.44. The lowest BCUT2D eigenvalue weighted by Crippen LogP contribution is -2.45. The number of methoxy groups -OCH3 is 1. The van der Waals surface area contributed by atoms with Gasteiger partial charge in [0.1, 0.15) is 5.75 Å². The summed E-state index contributed by atoms with van der Waals surface area (Å²) in [6.45, 7) is 5.01. The molecule has 1 aliphatic rings. The first-order valence-corrected chi connectivity index (χ1v) is 8.41. The summed E-state index contributed by atoms with van der Waals surface area (Å²) in [5, 5.41) is 0.378. The number of hydrogen-bond acceptors (Lipinski definition) is 4. The molecule has 2 rings (SSSR count). The van der Waals surface area contributed by atoms with Crippen molar-refractivity contribution in [3.8, 4) is 5.75 Å². The minimum atomic E-state index is -0.545. The quantitative estimate of drug-likeness (QED) is 0.774. The summed E-state index contributed by atoms with van der Waals surface area (Å²) in [4.78, 5) is 38.1.